The number of anilines is 3. The maximum atomic E-state index is 13.3. The van der Waals surface area contributed by atoms with E-state index in [-0.39, 0.29) is 21.5 Å². The molecule has 2 nitrogen and oxygen atoms in total. The minimum atomic E-state index is -0.728. The zero-order valence-corrected chi connectivity index (χ0v) is 10.6. The van der Waals surface area contributed by atoms with Gasteiger partial charge in [-0.05, 0) is 34.1 Å². The number of nitrogens with one attached hydrogen (secondary N) is 1. The van der Waals surface area contributed by atoms with Crippen LogP contribution in [0.2, 0.25) is 0 Å². The molecule has 0 fully saturated rings. The molecule has 0 unspecified atom stereocenters. The average molecular weight is 317 g/mol. The second kappa shape index (κ2) is 4.89. The Balaban J connectivity index is 2.36. The Morgan fingerprint density at radius 2 is 1.56 bits per heavy atom. The predicted octanol–water partition coefficient (Wildman–Crippen LogP) is 4.19. The summed E-state index contributed by atoms with van der Waals surface area (Å²) in [5.41, 5.74) is 6.32. The van der Waals surface area contributed by atoms with Crippen molar-refractivity contribution in [1.29, 1.82) is 0 Å². The van der Waals surface area contributed by atoms with E-state index in [2.05, 4.69) is 21.2 Å². The van der Waals surface area contributed by atoms with Gasteiger partial charge in [0, 0.05) is 17.8 Å². The molecular weight excluding hydrogens is 309 g/mol. The number of rotatable bonds is 2. The Bertz CT molecular complexity index is 582. The van der Waals surface area contributed by atoms with Gasteiger partial charge < -0.3 is 11.1 Å². The quantitative estimate of drug-likeness (QED) is 0.815. The second-order valence-electron chi connectivity index (χ2n) is 3.64. The van der Waals surface area contributed by atoms with E-state index in [1.165, 1.54) is 6.07 Å². The number of nitrogens with two attached hydrogens (primary N) is 1. The van der Waals surface area contributed by atoms with Crippen molar-refractivity contribution in [2.24, 2.45) is 0 Å². The van der Waals surface area contributed by atoms with Gasteiger partial charge in [-0.2, -0.15) is 0 Å². The third-order valence-electron chi connectivity index (χ3n) is 2.23. The summed E-state index contributed by atoms with van der Waals surface area (Å²) < 4.78 is 39.5. The summed E-state index contributed by atoms with van der Waals surface area (Å²) in [6.07, 6.45) is 0. The molecule has 0 aliphatic heterocycles. The van der Waals surface area contributed by atoms with Crippen LogP contribution in [0.3, 0.4) is 0 Å². The molecule has 0 bridgehead atoms. The van der Waals surface area contributed by atoms with E-state index in [1.807, 2.05) is 0 Å². The molecule has 2 aromatic carbocycles. The summed E-state index contributed by atoms with van der Waals surface area (Å²) in [6.45, 7) is 0. The van der Waals surface area contributed by atoms with Gasteiger partial charge in [0.05, 0.1) is 15.8 Å². The van der Waals surface area contributed by atoms with Crippen molar-refractivity contribution < 1.29 is 13.2 Å². The first-order valence-corrected chi connectivity index (χ1v) is 5.72. The van der Waals surface area contributed by atoms with E-state index in [0.717, 1.165) is 24.3 Å². The molecule has 0 amide bonds. The molecule has 94 valence electrons. The van der Waals surface area contributed by atoms with Crippen molar-refractivity contribution in [1.82, 2.24) is 0 Å². The second-order valence-corrected chi connectivity index (χ2v) is 4.49. The zero-order valence-electron chi connectivity index (χ0n) is 8.98. The van der Waals surface area contributed by atoms with E-state index >= 15 is 0 Å². The Morgan fingerprint density at radius 1 is 0.944 bits per heavy atom. The van der Waals surface area contributed by atoms with Crippen LogP contribution in [0.15, 0.2) is 34.8 Å². The lowest BCUT2D eigenvalue weighted by Crippen LogP contribution is -1.98. The molecule has 2 aromatic rings. The molecule has 2 rings (SSSR count). The highest BCUT2D eigenvalue weighted by atomic mass is 79.9. The molecule has 0 atom stereocenters. The summed E-state index contributed by atoms with van der Waals surface area (Å²) >= 11 is 2.99. The highest BCUT2D eigenvalue weighted by Crippen LogP contribution is 2.29. The molecule has 0 spiro atoms. The van der Waals surface area contributed by atoms with Gasteiger partial charge in [-0.3, -0.25) is 0 Å². The lowest BCUT2D eigenvalue weighted by molar-refractivity contribution is 0.584. The maximum Gasteiger partial charge on any atom is 0.139 e. The normalized spacial score (nSPS) is 10.4. The summed E-state index contributed by atoms with van der Waals surface area (Å²) in [4.78, 5) is 0. The topological polar surface area (TPSA) is 38.0 Å². The Hall–Kier alpha value is -1.69. The third kappa shape index (κ3) is 2.76. The standard InChI is InChI=1S/C12H8BrF3N2/c13-9-4-11(17)12(5-10(9)16)18-8-2-6(14)1-7(15)3-8/h1-5,18H,17H2. The van der Waals surface area contributed by atoms with Crippen LogP contribution >= 0.6 is 15.9 Å². The Morgan fingerprint density at radius 3 is 2.17 bits per heavy atom. The molecule has 0 saturated carbocycles. The first-order valence-electron chi connectivity index (χ1n) is 4.93. The summed E-state index contributed by atoms with van der Waals surface area (Å²) in [5.74, 6) is -1.98. The van der Waals surface area contributed by atoms with Gasteiger partial charge in [0.15, 0.2) is 0 Å². The van der Waals surface area contributed by atoms with Crippen LogP contribution in [0.25, 0.3) is 0 Å². The van der Waals surface area contributed by atoms with Crippen molar-refractivity contribution >= 4 is 33.0 Å². The van der Waals surface area contributed by atoms with Crippen LogP contribution in [0.4, 0.5) is 30.2 Å². The average Bonchev–Trinajstić information content (AvgIpc) is 2.24. The molecule has 0 radical (unpaired) electrons. The van der Waals surface area contributed by atoms with Crippen LogP contribution in [-0.4, -0.2) is 0 Å². The van der Waals surface area contributed by atoms with Crippen LogP contribution in [0.1, 0.15) is 0 Å². The van der Waals surface area contributed by atoms with E-state index in [1.54, 1.807) is 0 Å². The van der Waals surface area contributed by atoms with Crippen molar-refractivity contribution in [3.05, 3.63) is 52.3 Å². The van der Waals surface area contributed by atoms with Crippen molar-refractivity contribution in [2.75, 3.05) is 11.1 Å². The van der Waals surface area contributed by atoms with E-state index in [4.69, 9.17) is 5.73 Å². The summed E-state index contributed by atoms with van der Waals surface area (Å²) in [7, 11) is 0. The molecule has 6 heteroatoms. The van der Waals surface area contributed by atoms with Crippen molar-refractivity contribution in [2.45, 2.75) is 0 Å². The monoisotopic (exact) mass is 316 g/mol. The smallest absolute Gasteiger partial charge is 0.139 e. The molecule has 18 heavy (non-hydrogen) atoms. The summed E-state index contributed by atoms with van der Waals surface area (Å²) in [5, 5.41) is 2.66. The van der Waals surface area contributed by atoms with Crippen LogP contribution in [0.5, 0.6) is 0 Å². The van der Waals surface area contributed by atoms with Gasteiger partial charge in [0.1, 0.15) is 17.5 Å². The number of halogens is 4. The Kier molecular flexibility index (Phi) is 3.47. The lowest BCUT2D eigenvalue weighted by Gasteiger charge is -2.10. The van der Waals surface area contributed by atoms with Gasteiger partial charge in [0.25, 0.3) is 0 Å². The van der Waals surface area contributed by atoms with E-state index in [0.29, 0.717) is 0 Å². The fourth-order valence-electron chi connectivity index (χ4n) is 1.45. The van der Waals surface area contributed by atoms with Crippen molar-refractivity contribution in [3.63, 3.8) is 0 Å². The van der Waals surface area contributed by atoms with Gasteiger partial charge in [-0.25, -0.2) is 13.2 Å². The van der Waals surface area contributed by atoms with Gasteiger partial charge >= 0.3 is 0 Å². The van der Waals surface area contributed by atoms with Gasteiger partial charge in [-0.15, -0.1) is 0 Å². The molecule has 3 N–H and O–H groups in total. The van der Waals surface area contributed by atoms with Gasteiger partial charge in [0.2, 0.25) is 0 Å². The van der Waals surface area contributed by atoms with Crippen molar-refractivity contribution in [3.8, 4) is 0 Å². The fraction of sp³-hybridized carbons (Fsp3) is 0. The van der Waals surface area contributed by atoms with Crippen LogP contribution < -0.4 is 11.1 Å². The SMILES string of the molecule is Nc1cc(Br)c(F)cc1Nc1cc(F)cc(F)c1. The molecule has 0 heterocycles. The first kappa shape index (κ1) is 12.8. The Labute approximate surface area is 110 Å². The molecular formula is C12H8BrF3N2. The van der Waals surface area contributed by atoms with Crippen LogP contribution in [0, 0.1) is 17.5 Å². The van der Waals surface area contributed by atoms with Crippen LogP contribution in [-0.2, 0) is 0 Å². The minimum Gasteiger partial charge on any atom is -0.397 e. The largest absolute Gasteiger partial charge is 0.397 e. The number of hydrogen-bond donors (Lipinski definition) is 2. The third-order valence-corrected chi connectivity index (χ3v) is 2.84. The molecule has 0 aromatic heterocycles. The molecule has 0 aliphatic carbocycles. The highest BCUT2D eigenvalue weighted by Gasteiger charge is 2.07. The fourth-order valence-corrected chi connectivity index (χ4v) is 1.81. The van der Waals surface area contributed by atoms with E-state index < -0.39 is 17.5 Å². The summed E-state index contributed by atoms with van der Waals surface area (Å²) in [6, 6.07) is 5.43. The number of nitrogen functional groups attached to an aromatic ring is 1. The maximum absolute atomic E-state index is 13.3. The van der Waals surface area contributed by atoms with E-state index in [9.17, 15) is 13.2 Å². The minimum absolute atomic E-state index is 0.154. The number of hydrogen-bond acceptors (Lipinski definition) is 2. The molecule has 0 aliphatic rings. The highest BCUT2D eigenvalue weighted by molar-refractivity contribution is 9.10. The first-order chi connectivity index (χ1) is 8.45. The lowest BCUT2D eigenvalue weighted by atomic mass is 10.2. The number of benzene rings is 2. The molecule has 0 saturated heterocycles. The predicted molar refractivity (Wildman–Crippen MR) is 68.2 cm³/mol. The van der Waals surface area contributed by atoms with Gasteiger partial charge in [-0.1, -0.05) is 0 Å². The zero-order chi connectivity index (χ0) is 13.3.